The fraction of sp³-hybridized carbons (Fsp3) is 0.200. The van der Waals surface area contributed by atoms with Gasteiger partial charge in [0.1, 0.15) is 6.54 Å². The normalized spacial score (nSPS) is 10.8. The first-order chi connectivity index (χ1) is 8.50. The maximum absolute atomic E-state index is 11.7. The van der Waals surface area contributed by atoms with Crippen LogP contribution in [0.1, 0.15) is 6.92 Å². The number of carboxylic acid groups (broad SMARTS) is 1. The minimum atomic E-state index is -1.09. The minimum Gasteiger partial charge on any atom is -0.480 e. The van der Waals surface area contributed by atoms with E-state index in [2.05, 4.69) is 15.6 Å². The van der Waals surface area contributed by atoms with Crippen LogP contribution in [0.25, 0.3) is 0 Å². The van der Waals surface area contributed by atoms with E-state index in [1.54, 1.807) is 5.38 Å². The number of carbonyl (C=O) groups is 3. The number of nitrogens with one attached hydrogen (secondary N) is 2. The second-order valence-electron chi connectivity index (χ2n) is 3.18. The van der Waals surface area contributed by atoms with Crippen LogP contribution in [-0.2, 0) is 14.4 Å². The van der Waals surface area contributed by atoms with Gasteiger partial charge in [-0.3, -0.25) is 19.7 Å². The Labute approximate surface area is 107 Å². The lowest BCUT2D eigenvalue weighted by atomic mass is 10.2. The molecule has 0 radical (unpaired) electrons. The van der Waals surface area contributed by atoms with E-state index in [-0.39, 0.29) is 12.1 Å². The SMILES string of the molecule is CC(=O)C(=CNCC(=O)O)C(=O)Nc1nccs1. The summed E-state index contributed by atoms with van der Waals surface area (Å²) in [5.41, 5.74) is -0.161. The van der Waals surface area contributed by atoms with Crippen LogP contribution < -0.4 is 10.6 Å². The molecule has 1 aromatic rings. The molecule has 0 spiro atoms. The number of anilines is 1. The van der Waals surface area contributed by atoms with Gasteiger partial charge in [0.2, 0.25) is 0 Å². The second-order valence-corrected chi connectivity index (χ2v) is 4.07. The molecule has 3 N–H and O–H groups in total. The van der Waals surface area contributed by atoms with Crippen LogP contribution in [0.15, 0.2) is 23.3 Å². The molecule has 1 aromatic heterocycles. The van der Waals surface area contributed by atoms with Crippen LogP contribution in [0.3, 0.4) is 0 Å². The van der Waals surface area contributed by atoms with Crippen molar-refractivity contribution in [2.45, 2.75) is 6.92 Å². The van der Waals surface area contributed by atoms with Gasteiger partial charge in [-0.2, -0.15) is 0 Å². The van der Waals surface area contributed by atoms with E-state index < -0.39 is 17.7 Å². The molecule has 0 atom stereocenters. The van der Waals surface area contributed by atoms with Crippen molar-refractivity contribution in [1.29, 1.82) is 0 Å². The van der Waals surface area contributed by atoms with Crippen molar-refractivity contribution >= 4 is 34.1 Å². The van der Waals surface area contributed by atoms with Crippen LogP contribution in [0.2, 0.25) is 0 Å². The summed E-state index contributed by atoms with van der Waals surface area (Å²) in [5, 5.41) is 15.3. The van der Waals surface area contributed by atoms with E-state index in [9.17, 15) is 14.4 Å². The first-order valence-electron chi connectivity index (χ1n) is 4.88. The number of hydrogen-bond donors (Lipinski definition) is 3. The van der Waals surface area contributed by atoms with Crippen molar-refractivity contribution in [1.82, 2.24) is 10.3 Å². The van der Waals surface area contributed by atoms with Gasteiger partial charge >= 0.3 is 5.97 Å². The largest absolute Gasteiger partial charge is 0.480 e. The number of Topliss-reactive ketones (excluding diaryl/α,β-unsaturated/α-hetero) is 1. The second kappa shape index (κ2) is 6.50. The molecular weight excluding hydrogens is 258 g/mol. The number of amides is 1. The Morgan fingerprint density at radius 2 is 2.22 bits per heavy atom. The summed E-state index contributed by atoms with van der Waals surface area (Å²) in [6.07, 6.45) is 2.60. The zero-order valence-corrected chi connectivity index (χ0v) is 10.3. The van der Waals surface area contributed by atoms with Crippen molar-refractivity contribution in [3.63, 3.8) is 0 Å². The zero-order valence-electron chi connectivity index (χ0n) is 9.47. The first-order valence-corrected chi connectivity index (χ1v) is 5.76. The summed E-state index contributed by atoms with van der Waals surface area (Å²) in [4.78, 5) is 37.1. The van der Waals surface area contributed by atoms with Gasteiger partial charge in [-0.1, -0.05) is 0 Å². The van der Waals surface area contributed by atoms with E-state index in [0.717, 1.165) is 6.20 Å². The maximum Gasteiger partial charge on any atom is 0.322 e. The molecule has 0 saturated carbocycles. The third-order valence-electron chi connectivity index (χ3n) is 1.78. The Balaban J connectivity index is 2.69. The number of carbonyl (C=O) groups excluding carboxylic acids is 2. The molecule has 0 aromatic carbocycles. The first kappa shape index (κ1) is 13.8. The Bertz CT molecular complexity index is 481. The predicted molar refractivity (Wildman–Crippen MR) is 65.1 cm³/mol. The lowest BCUT2D eigenvalue weighted by molar-refractivity contribution is -0.135. The smallest absolute Gasteiger partial charge is 0.322 e. The quantitative estimate of drug-likeness (QED) is 0.387. The molecule has 0 unspecified atom stereocenters. The van der Waals surface area contributed by atoms with Gasteiger partial charge < -0.3 is 10.4 Å². The standard InChI is InChI=1S/C10H11N3O4S/c1-6(14)7(4-11-5-8(15)16)9(17)13-10-12-2-3-18-10/h2-4,11H,5H2,1H3,(H,15,16)(H,12,13,17). The third-order valence-corrected chi connectivity index (χ3v) is 2.46. The molecule has 0 aliphatic rings. The van der Waals surface area contributed by atoms with E-state index >= 15 is 0 Å². The number of carboxylic acids is 1. The topological polar surface area (TPSA) is 108 Å². The van der Waals surface area contributed by atoms with Gasteiger partial charge in [0.05, 0.1) is 5.57 Å². The highest BCUT2D eigenvalue weighted by Gasteiger charge is 2.15. The van der Waals surface area contributed by atoms with E-state index in [1.807, 2.05) is 0 Å². The summed E-state index contributed by atoms with van der Waals surface area (Å²) >= 11 is 1.21. The van der Waals surface area contributed by atoms with Crippen LogP contribution in [0.5, 0.6) is 0 Å². The lowest BCUT2D eigenvalue weighted by Gasteiger charge is -2.04. The van der Waals surface area contributed by atoms with Gasteiger partial charge in [-0.25, -0.2) is 4.98 Å². The average molecular weight is 269 g/mol. The number of aromatic nitrogens is 1. The van der Waals surface area contributed by atoms with Crippen molar-refractivity contribution in [2.75, 3.05) is 11.9 Å². The van der Waals surface area contributed by atoms with Crippen LogP contribution in [0.4, 0.5) is 5.13 Å². The lowest BCUT2D eigenvalue weighted by Crippen LogP contribution is -2.24. The maximum atomic E-state index is 11.7. The Morgan fingerprint density at radius 3 is 2.72 bits per heavy atom. The zero-order chi connectivity index (χ0) is 13.5. The van der Waals surface area contributed by atoms with Gasteiger partial charge in [0.25, 0.3) is 5.91 Å². The highest BCUT2D eigenvalue weighted by molar-refractivity contribution is 7.13. The molecule has 1 amide bonds. The van der Waals surface area contributed by atoms with Crippen LogP contribution in [-0.4, -0.2) is 34.3 Å². The number of hydrogen-bond acceptors (Lipinski definition) is 6. The molecule has 96 valence electrons. The molecule has 1 heterocycles. The van der Waals surface area contributed by atoms with E-state index in [1.165, 1.54) is 24.5 Å². The highest BCUT2D eigenvalue weighted by Crippen LogP contribution is 2.11. The van der Waals surface area contributed by atoms with E-state index in [0.29, 0.717) is 5.13 Å². The molecule has 0 aliphatic heterocycles. The van der Waals surface area contributed by atoms with Crippen LogP contribution in [0, 0.1) is 0 Å². The van der Waals surface area contributed by atoms with Crippen LogP contribution >= 0.6 is 11.3 Å². The van der Waals surface area contributed by atoms with Gasteiger partial charge in [-0.15, -0.1) is 11.3 Å². The summed E-state index contributed by atoms with van der Waals surface area (Å²) in [7, 11) is 0. The number of rotatable bonds is 6. The van der Waals surface area contributed by atoms with Crippen molar-refractivity contribution in [2.24, 2.45) is 0 Å². The Hall–Kier alpha value is -2.22. The fourth-order valence-corrected chi connectivity index (χ4v) is 1.54. The summed E-state index contributed by atoms with van der Waals surface area (Å²) < 4.78 is 0. The van der Waals surface area contributed by atoms with Gasteiger partial charge in [0, 0.05) is 17.8 Å². The molecule has 0 saturated heterocycles. The Kier molecular flexibility index (Phi) is 5.00. The number of aliphatic carboxylic acids is 1. The fourth-order valence-electron chi connectivity index (χ4n) is 1.02. The van der Waals surface area contributed by atoms with Crippen molar-refractivity contribution in [3.05, 3.63) is 23.3 Å². The molecule has 0 fully saturated rings. The molecule has 18 heavy (non-hydrogen) atoms. The molecule has 1 rings (SSSR count). The molecule has 7 nitrogen and oxygen atoms in total. The third kappa shape index (κ3) is 4.34. The monoisotopic (exact) mass is 269 g/mol. The van der Waals surface area contributed by atoms with Gasteiger partial charge in [0.15, 0.2) is 10.9 Å². The average Bonchev–Trinajstić information content (AvgIpc) is 2.75. The molecule has 8 heteroatoms. The summed E-state index contributed by atoms with van der Waals surface area (Å²) in [6.45, 7) is 0.844. The summed E-state index contributed by atoms with van der Waals surface area (Å²) in [6, 6.07) is 0. The number of ketones is 1. The molecule has 0 bridgehead atoms. The van der Waals surface area contributed by atoms with Gasteiger partial charge in [-0.05, 0) is 6.92 Å². The van der Waals surface area contributed by atoms with E-state index in [4.69, 9.17) is 5.11 Å². The predicted octanol–water partition coefficient (Wildman–Crippen LogP) is 0.229. The molecular formula is C10H11N3O4S. The number of thiazole rings is 1. The highest BCUT2D eigenvalue weighted by atomic mass is 32.1. The molecule has 0 aliphatic carbocycles. The van der Waals surface area contributed by atoms with Crippen molar-refractivity contribution in [3.8, 4) is 0 Å². The Morgan fingerprint density at radius 1 is 1.50 bits per heavy atom. The number of nitrogens with zero attached hydrogens (tertiary/aromatic N) is 1. The van der Waals surface area contributed by atoms with Crippen molar-refractivity contribution < 1.29 is 19.5 Å². The summed E-state index contributed by atoms with van der Waals surface area (Å²) in [5.74, 6) is -2.19. The minimum absolute atomic E-state index is 0.161.